The number of benzene rings is 1. The van der Waals surface area contributed by atoms with Crippen molar-refractivity contribution in [2.45, 2.75) is 0 Å². The lowest BCUT2D eigenvalue weighted by molar-refractivity contribution is 0.0690. The molecule has 0 saturated heterocycles. The van der Waals surface area contributed by atoms with E-state index >= 15 is 0 Å². The fraction of sp³-hybridized carbons (Fsp3) is 0. The molecule has 1 aromatic carbocycles. The molecule has 0 bridgehead atoms. The first-order valence-electron chi connectivity index (χ1n) is 5.02. The van der Waals surface area contributed by atoms with Gasteiger partial charge in [0.15, 0.2) is 0 Å². The molecule has 2 rings (SSSR count). The van der Waals surface area contributed by atoms with Gasteiger partial charge in [0.05, 0.1) is 5.69 Å². The SMILES string of the molecule is [2H]OC(=O)c1cccc(-c2cccc(F)c2)n1. The molecule has 0 aliphatic carbocycles. The Labute approximate surface area is 92.7 Å². The van der Waals surface area contributed by atoms with Crippen molar-refractivity contribution in [3.05, 3.63) is 54.0 Å². The number of aromatic carboxylic acids is 1. The largest absolute Gasteiger partial charge is 0.477 e. The molecule has 1 N–H and O–H groups in total. The minimum atomic E-state index is -0.844. The van der Waals surface area contributed by atoms with E-state index in [9.17, 15) is 9.18 Å². The zero-order valence-electron chi connectivity index (χ0n) is 9.18. The molecule has 0 amide bonds. The van der Waals surface area contributed by atoms with Gasteiger partial charge in [0.2, 0.25) is 0 Å². The third kappa shape index (κ3) is 2.06. The van der Waals surface area contributed by atoms with Crippen molar-refractivity contribution in [3.8, 4) is 11.3 Å². The van der Waals surface area contributed by atoms with E-state index in [-0.39, 0.29) is 11.5 Å². The molecular formula is C12H8FNO2. The van der Waals surface area contributed by atoms with E-state index in [1.165, 1.54) is 18.2 Å². The third-order valence-electron chi connectivity index (χ3n) is 2.08. The molecule has 2 aromatic rings. The Morgan fingerprint density at radius 3 is 2.88 bits per heavy atom. The van der Waals surface area contributed by atoms with Gasteiger partial charge >= 0.3 is 5.97 Å². The van der Waals surface area contributed by atoms with Gasteiger partial charge in [-0.25, -0.2) is 14.2 Å². The van der Waals surface area contributed by atoms with Crippen LogP contribution < -0.4 is 0 Å². The van der Waals surface area contributed by atoms with Gasteiger partial charge in [-0.1, -0.05) is 18.2 Å². The Hall–Kier alpha value is -2.23. The van der Waals surface area contributed by atoms with Crippen LogP contribution >= 0.6 is 0 Å². The van der Waals surface area contributed by atoms with Crippen molar-refractivity contribution in [2.24, 2.45) is 0 Å². The van der Waals surface area contributed by atoms with Crippen LogP contribution in [-0.2, 0) is 0 Å². The van der Waals surface area contributed by atoms with Crippen LogP contribution in [0.15, 0.2) is 42.5 Å². The molecule has 0 aliphatic rings. The smallest absolute Gasteiger partial charge is 0.354 e. The molecule has 0 fully saturated rings. The molecular weight excluding hydrogens is 209 g/mol. The summed E-state index contributed by atoms with van der Waals surface area (Å²) in [5.74, 6) is -1.22. The van der Waals surface area contributed by atoms with E-state index in [2.05, 4.69) is 10.1 Å². The molecule has 3 nitrogen and oxygen atoms in total. The summed E-state index contributed by atoms with van der Waals surface area (Å²) in [6, 6.07) is 10.6. The molecule has 0 unspecified atom stereocenters. The van der Waals surface area contributed by atoms with Crippen LogP contribution in [0.1, 0.15) is 10.5 Å². The number of halogens is 1. The Morgan fingerprint density at radius 1 is 1.31 bits per heavy atom. The number of carbonyl (C=O) groups is 1. The molecule has 0 saturated carbocycles. The topological polar surface area (TPSA) is 50.2 Å². The van der Waals surface area contributed by atoms with E-state index in [4.69, 9.17) is 1.43 Å². The molecule has 80 valence electrons. The summed E-state index contributed by atoms with van der Waals surface area (Å²) in [6.45, 7) is 0. The predicted octanol–water partition coefficient (Wildman–Crippen LogP) is 2.59. The highest BCUT2D eigenvalue weighted by Crippen LogP contribution is 2.17. The lowest BCUT2D eigenvalue weighted by Crippen LogP contribution is -2.00. The van der Waals surface area contributed by atoms with Crippen LogP contribution in [0.4, 0.5) is 4.39 Å². The molecule has 0 spiro atoms. The first-order chi connectivity index (χ1) is 8.20. The Morgan fingerprint density at radius 2 is 2.12 bits per heavy atom. The predicted molar refractivity (Wildman–Crippen MR) is 56.6 cm³/mol. The number of hydrogen-bond acceptors (Lipinski definition) is 3. The van der Waals surface area contributed by atoms with Crippen LogP contribution in [0.5, 0.6) is 0 Å². The summed E-state index contributed by atoms with van der Waals surface area (Å²) in [5, 5.41) is 3.83. The van der Waals surface area contributed by atoms with Crippen LogP contribution in [0.3, 0.4) is 0 Å². The first-order valence-corrected chi connectivity index (χ1v) is 4.61. The fourth-order valence-corrected chi connectivity index (χ4v) is 1.36. The summed E-state index contributed by atoms with van der Waals surface area (Å²) in [6.07, 6.45) is 0. The minimum Gasteiger partial charge on any atom is -0.477 e. The number of hydrogen-bond donors (Lipinski definition) is 1. The molecule has 0 atom stereocenters. The number of pyridine rings is 1. The average molecular weight is 218 g/mol. The molecule has 0 aliphatic heterocycles. The summed E-state index contributed by atoms with van der Waals surface area (Å²) in [7, 11) is 0. The van der Waals surface area contributed by atoms with Gasteiger partial charge in [0.25, 0.3) is 1.43 Å². The second-order valence-corrected chi connectivity index (χ2v) is 3.21. The van der Waals surface area contributed by atoms with Gasteiger partial charge in [-0.05, 0) is 24.3 Å². The maximum absolute atomic E-state index is 13.0. The molecule has 16 heavy (non-hydrogen) atoms. The van der Waals surface area contributed by atoms with Gasteiger partial charge in [-0.3, -0.25) is 0 Å². The molecule has 1 heterocycles. The zero-order valence-corrected chi connectivity index (χ0v) is 8.18. The van der Waals surface area contributed by atoms with Gasteiger partial charge in [0.1, 0.15) is 11.5 Å². The first kappa shape index (κ1) is 9.03. The third-order valence-corrected chi connectivity index (χ3v) is 2.08. The molecule has 4 heteroatoms. The summed E-state index contributed by atoms with van der Waals surface area (Å²) < 4.78 is 19.5. The second-order valence-electron chi connectivity index (χ2n) is 3.21. The maximum Gasteiger partial charge on any atom is 0.354 e. The number of carboxylic acids is 1. The lowest BCUT2D eigenvalue weighted by Gasteiger charge is -2.01. The van der Waals surface area contributed by atoms with Crippen LogP contribution in [0.25, 0.3) is 12.7 Å². The lowest BCUT2D eigenvalue weighted by atomic mass is 10.1. The van der Waals surface area contributed by atoms with E-state index in [0.29, 0.717) is 11.3 Å². The highest BCUT2D eigenvalue weighted by molar-refractivity contribution is 5.86. The van der Waals surface area contributed by atoms with Crippen LogP contribution in [0, 0.1) is 5.82 Å². The summed E-state index contributed by atoms with van der Waals surface area (Å²) in [5.41, 5.74) is 1.03. The van der Waals surface area contributed by atoms with Gasteiger partial charge in [-0.2, -0.15) is 0 Å². The summed E-state index contributed by atoms with van der Waals surface area (Å²) in [4.78, 5) is 15.1. The second kappa shape index (κ2) is 4.10. The van der Waals surface area contributed by atoms with Crippen molar-refractivity contribution in [2.75, 3.05) is 0 Å². The Bertz CT molecular complexity index is 560. The minimum absolute atomic E-state index is 0.0155. The molecule has 1 aromatic heterocycles. The Kier molecular flexibility index (Phi) is 2.31. The van der Waals surface area contributed by atoms with Crippen LogP contribution in [0.2, 0.25) is 0 Å². The highest BCUT2D eigenvalue weighted by Gasteiger charge is 2.06. The highest BCUT2D eigenvalue weighted by atomic mass is 19.1. The maximum atomic E-state index is 13.0. The van der Waals surface area contributed by atoms with Crippen molar-refractivity contribution in [3.63, 3.8) is 0 Å². The van der Waals surface area contributed by atoms with Crippen molar-refractivity contribution in [1.29, 1.82) is 1.43 Å². The summed E-state index contributed by atoms with van der Waals surface area (Å²) >= 11 is 0. The van der Waals surface area contributed by atoms with Crippen molar-refractivity contribution >= 4 is 5.97 Å². The van der Waals surface area contributed by atoms with E-state index in [0.717, 1.165) is 0 Å². The normalized spacial score (nSPS) is 10.7. The van der Waals surface area contributed by atoms with Gasteiger partial charge in [-0.15, -0.1) is 0 Å². The van der Waals surface area contributed by atoms with Gasteiger partial charge < -0.3 is 5.11 Å². The zero-order chi connectivity index (χ0) is 12.3. The number of carboxylic acid groups (broad SMARTS) is 1. The number of aromatic nitrogens is 1. The quantitative estimate of drug-likeness (QED) is 0.842. The standard InChI is InChI=1S/C12H8FNO2/c13-9-4-1-3-8(7-9)10-5-2-6-11(14-10)12(15)16/h1-7H,(H,15,16)/i/hD. The molecule has 0 radical (unpaired) electrons. The van der Waals surface area contributed by atoms with E-state index in [1.807, 2.05) is 0 Å². The average Bonchev–Trinajstić information content (AvgIpc) is 2.38. The number of rotatable bonds is 2. The van der Waals surface area contributed by atoms with Crippen LogP contribution in [-0.4, -0.2) is 16.1 Å². The van der Waals surface area contributed by atoms with E-state index < -0.39 is 5.97 Å². The Balaban J connectivity index is 2.43. The monoisotopic (exact) mass is 218 g/mol. The fourth-order valence-electron chi connectivity index (χ4n) is 1.36. The van der Waals surface area contributed by atoms with E-state index in [1.54, 1.807) is 24.3 Å². The van der Waals surface area contributed by atoms with Crippen molar-refractivity contribution < 1.29 is 14.3 Å². The number of nitrogens with zero attached hydrogens (tertiary/aromatic N) is 1. The van der Waals surface area contributed by atoms with Gasteiger partial charge in [0, 0.05) is 5.56 Å². The van der Waals surface area contributed by atoms with Crippen molar-refractivity contribution in [1.82, 2.24) is 4.98 Å².